The van der Waals surface area contributed by atoms with Gasteiger partial charge in [0.2, 0.25) is 0 Å². The first kappa shape index (κ1) is 17.4. The lowest BCUT2D eigenvalue weighted by Gasteiger charge is -2.18. The van der Waals surface area contributed by atoms with E-state index in [0.29, 0.717) is 18.5 Å². The van der Waals surface area contributed by atoms with Gasteiger partial charge in [0, 0.05) is 18.3 Å². The molecule has 0 aliphatic heterocycles. The second kappa shape index (κ2) is 8.06. The molecule has 0 radical (unpaired) electrons. The van der Waals surface area contributed by atoms with Crippen molar-refractivity contribution in [2.24, 2.45) is 0 Å². The molecule has 8 heteroatoms. The first-order chi connectivity index (χ1) is 11.5. The van der Waals surface area contributed by atoms with Crippen molar-refractivity contribution in [3.8, 4) is 6.07 Å². The van der Waals surface area contributed by atoms with Crippen LogP contribution < -0.4 is 10.6 Å². The van der Waals surface area contributed by atoms with Gasteiger partial charge in [-0.3, -0.25) is 4.68 Å². The van der Waals surface area contributed by atoms with Crippen molar-refractivity contribution >= 4 is 6.03 Å². The third-order valence-electron chi connectivity index (χ3n) is 3.44. The van der Waals surface area contributed by atoms with E-state index >= 15 is 0 Å². The van der Waals surface area contributed by atoms with Gasteiger partial charge in [-0.05, 0) is 24.6 Å². The van der Waals surface area contributed by atoms with Crippen molar-refractivity contribution in [3.05, 3.63) is 53.4 Å². The van der Waals surface area contributed by atoms with Gasteiger partial charge in [-0.2, -0.15) is 10.4 Å². The van der Waals surface area contributed by atoms with Crippen LogP contribution in [0.1, 0.15) is 30.5 Å². The minimum Gasteiger partial charge on any atom is -0.336 e. The van der Waals surface area contributed by atoms with Gasteiger partial charge in [0.25, 0.3) is 0 Å². The number of aromatic nitrogens is 2. The fraction of sp³-hybridized carbons (Fsp3) is 0.312. The van der Waals surface area contributed by atoms with Crippen molar-refractivity contribution in [3.63, 3.8) is 0 Å². The smallest absolute Gasteiger partial charge is 0.315 e. The molecule has 0 aliphatic carbocycles. The highest BCUT2D eigenvalue weighted by Crippen LogP contribution is 2.20. The largest absolute Gasteiger partial charge is 0.336 e. The zero-order valence-corrected chi connectivity index (χ0v) is 13.1. The number of nitrogens with one attached hydrogen (secondary N) is 2. The first-order valence-electron chi connectivity index (χ1n) is 7.45. The Hall–Kier alpha value is -2.95. The summed E-state index contributed by atoms with van der Waals surface area (Å²) in [6.45, 7) is 2.43. The summed E-state index contributed by atoms with van der Waals surface area (Å²) in [6, 6.07) is 3.99. The number of benzene rings is 1. The molecule has 126 valence electrons. The molecule has 2 aromatic rings. The molecular formula is C16H17F2N5O. The number of nitrogens with zero attached hydrogens (tertiary/aromatic N) is 3. The van der Waals surface area contributed by atoms with E-state index in [-0.39, 0.29) is 12.1 Å². The maximum Gasteiger partial charge on any atom is 0.315 e. The highest BCUT2D eigenvalue weighted by molar-refractivity contribution is 5.74. The number of rotatable bonds is 6. The molecule has 2 N–H and O–H groups in total. The SMILES string of the molecule is CC[C@H](NC(=O)NCCn1cc(C#N)cn1)c1cc(F)ccc1F. The number of carbonyl (C=O) groups is 1. The lowest BCUT2D eigenvalue weighted by Crippen LogP contribution is -2.39. The van der Waals surface area contributed by atoms with Crippen LogP contribution >= 0.6 is 0 Å². The molecule has 1 atom stereocenters. The summed E-state index contributed by atoms with van der Waals surface area (Å²) in [5.41, 5.74) is 0.547. The molecule has 6 nitrogen and oxygen atoms in total. The summed E-state index contributed by atoms with van der Waals surface area (Å²) in [5, 5.41) is 17.9. The van der Waals surface area contributed by atoms with Gasteiger partial charge in [0.05, 0.1) is 24.3 Å². The zero-order chi connectivity index (χ0) is 17.5. The highest BCUT2D eigenvalue weighted by Gasteiger charge is 2.17. The van der Waals surface area contributed by atoms with Crippen LogP contribution in [0.3, 0.4) is 0 Å². The molecule has 1 aromatic carbocycles. The summed E-state index contributed by atoms with van der Waals surface area (Å²) < 4.78 is 28.6. The number of amides is 2. The Balaban J connectivity index is 1.88. The van der Waals surface area contributed by atoms with Crippen LogP contribution in [0.15, 0.2) is 30.6 Å². The van der Waals surface area contributed by atoms with Crippen molar-refractivity contribution in [1.29, 1.82) is 5.26 Å². The molecule has 0 unspecified atom stereocenters. The lowest BCUT2D eigenvalue weighted by atomic mass is 10.0. The van der Waals surface area contributed by atoms with Crippen LogP contribution in [0.5, 0.6) is 0 Å². The molecule has 1 aromatic heterocycles. The molecule has 1 heterocycles. The number of nitriles is 1. The molecule has 0 bridgehead atoms. The van der Waals surface area contributed by atoms with Crippen molar-refractivity contribution in [2.75, 3.05) is 6.54 Å². The van der Waals surface area contributed by atoms with E-state index in [1.165, 1.54) is 10.9 Å². The van der Waals surface area contributed by atoms with Crippen LogP contribution in [0.25, 0.3) is 0 Å². The molecule has 2 rings (SSSR count). The normalized spacial score (nSPS) is 11.6. The monoisotopic (exact) mass is 333 g/mol. The summed E-state index contributed by atoms with van der Waals surface area (Å²) in [6.07, 6.45) is 3.41. The third-order valence-corrected chi connectivity index (χ3v) is 3.44. The van der Waals surface area contributed by atoms with Gasteiger partial charge in [0.15, 0.2) is 0 Å². The number of urea groups is 1. The predicted octanol–water partition coefficient (Wildman–Crippen LogP) is 2.48. The number of halogens is 2. The Labute approximate surface area is 138 Å². The molecular weight excluding hydrogens is 316 g/mol. The van der Waals surface area contributed by atoms with E-state index in [4.69, 9.17) is 5.26 Å². The number of hydrogen-bond acceptors (Lipinski definition) is 3. The zero-order valence-electron chi connectivity index (χ0n) is 13.1. The van der Waals surface area contributed by atoms with E-state index < -0.39 is 23.7 Å². The average Bonchev–Trinajstić information content (AvgIpc) is 3.03. The molecule has 0 aliphatic rings. The van der Waals surface area contributed by atoms with Crippen molar-refractivity contribution in [2.45, 2.75) is 25.9 Å². The van der Waals surface area contributed by atoms with E-state index in [0.717, 1.165) is 18.2 Å². The summed E-state index contributed by atoms with van der Waals surface area (Å²) in [4.78, 5) is 11.9. The van der Waals surface area contributed by atoms with Crippen LogP contribution in [-0.4, -0.2) is 22.4 Å². The standard InChI is InChI=1S/C16H17F2N5O/c1-2-15(13-7-12(17)3-4-14(13)18)22-16(24)20-5-6-23-10-11(8-19)9-21-23/h3-4,7,9-10,15H,2,5-6H2,1H3,(H2,20,22,24)/t15-/m0/s1. The minimum absolute atomic E-state index is 0.110. The maximum atomic E-state index is 13.8. The quantitative estimate of drug-likeness (QED) is 0.852. The molecule has 0 saturated heterocycles. The van der Waals surface area contributed by atoms with Crippen molar-refractivity contribution < 1.29 is 13.6 Å². The van der Waals surface area contributed by atoms with E-state index in [1.807, 2.05) is 6.07 Å². The van der Waals surface area contributed by atoms with Crippen LogP contribution in [0.2, 0.25) is 0 Å². The van der Waals surface area contributed by atoms with Crippen LogP contribution in [0.4, 0.5) is 13.6 Å². The Bertz CT molecular complexity index is 753. The summed E-state index contributed by atoms with van der Waals surface area (Å²) in [5.74, 6) is -1.12. The summed E-state index contributed by atoms with van der Waals surface area (Å²) >= 11 is 0. The van der Waals surface area contributed by atoms with Gasteiger partial charge in [-0.1, -0.05) is 6.92 Å². The Kier molecular flexibility index (Phi) is 5.84. The van der Waals surface area contributed by atoms with Gasteiger partial charge in [0.1, 0.15) is 17.7 Å². The lowest BCUT2D eigenvalue weighted by molar-refractivity contribution is 0.236. The number of carbonyl (C=O) groups excluding carboxylic acids is 1. The predicted molar refractivity (Wildman–Crippen MR) is 82.9 cm³/mol. The molecule has 2 amide bonds. The second-order valence-corrected chi connectivity index (χ2v) is 5.13. The fourth-order valence-electron chi connectivity index (χ4n) is 2.22. The Morgan fingerprint density at radius 2 is 2.25 bits per heavy atom. The second-order valence-electron chi connectivity index (χ2n) is 5.13. The minimum atomic E-state index is -0.629. The van der Waals surface area contributed by atoms with Crippen LogP contribution in [0, 0.1) is 23.0 Å². The molecule has 0 fully saturated rings. The molecule has 0 saturated carbocycles. The van der Waals surface area contributed by atoms with E-state index in [9.17, 15) is 13.6 Å². The highest BCUT2D eigenvalue weighted by atomic mass is 19.1. The topological polar surface area (TPSA) is 82.7 Å². The Morgan fingerprint density at radius 3 is 2.92 bits per heavy atom. The number of hydrogen-bond donors (Lipinski definition) is 2. The van der Waals surface area contributed by atoms with Gasteiger partial charge in [-0.15, -0.1) is 0 Å². The van der Waals surface area contributed by atoms with Gasteiger partial charge in [-0.25, -0.2) is 13.6 Å². The maximum absolute atomic E-state index is 13.8. The van der Waals surface area contributed by atoms with Gasteiger partial charge >= 0.3 is 6.03 Å². The van der Waals surface area contributed by atoms with E-state index in [2.05, 4.69) is 15.7 Å². The molecule has 0 spiro atoms. The van der Waals surface area contributed by atoms with E-state index in [1.54, 1.807) is 13.1 Å². The Morgan fingerprint density at radius 1 is 1.46 bits per heavy atom. The van der Waals surface area contributed by atoms with Gasteiger partial charge < -0.3 is 10.6 Å². The summed E-state index contributed by atoms with van der Waals surface area (Å²) in [7, 11) is 0. The average molecular weight is 333 g/mol. The first-order valence-corrected chi connectivity index (χ1v) is 7.45. The molecule has 24 heavy (non-hydrogen) atoms. The third kappa shape index (κ3) is 4.52. The fourth-order valence-corrected chi connectivity index (χ4v) is 2.22. The van der Waals surface area contributed by atoms with Crippen LogP contribution in [-0.2, 0) is 6.54 Å². The van der Waals surface area contributed by atoms with Crippen molar-refractivity contribution in [1.82, 2.24) is 20.4 Å².